The number of sulfonamides is 1. The Kier molecular flexibility index (Phi) is 8.82. The molecule has 1 fully saturated rings. The van der Waals surface area contributed by atoms with E-state index in [0.717, 1.165) is 18.4 Å². The van der Waals surface area contributed by atoms with Gasteiger partial charge in [-0.3, -0.25) is 0 Å². The van der Waals surface area contributed by atoms with Crippen LogP contribution in [0.25, 0.3) is 0 Å². The van der Waals surface area contributed by atoms with Crippen LogP contribution in [0.4, 0.5) is 10.1 Å². The van der Waals surface area contributed by atoms with E-state index in [1.165, 1.54) is 29.6 Å². The Bertz CT molecular complexity index is 1490. The maximum Gasteiger partial charge on any atom is 0.434 e. The summed E-state index contributed by atoms with van der Waals surface area (Å²) in [5, 5.41) is 6.63. The summed E-state index contributed by atoms with van der Waals surface area (Å²) in [7, 11) is -2.64. The van der Waals surface area contributed by atoms with Gasteiger partial charge in [0.1, 0.15) is 16.8 Å². The largest absolute Gasteiger partial charge is 0.434 e. The van der Waals surface area contributed by atoms with Gasteiger partial charge in [0.2, 0.25) is 15.9 Å². The first-order chi connectivity index (χ1) is 18.6. The van der Waals surface area contributed by atoms with Crippen molar-refractivity contribution in [2.75, 3.05) is 31.8 Å². The number of aromatic nitrogens is 2. The lowest BCUT2D eigenvalue weighted by Gasteiger charge is -2.45. The molecule has 1 saturated heterocycles. The number of H-pyrrole nitrogens is 1. The van der Waals surface area contributed by atoms with Gasteiger partial charge in [0.05, 0.1) is 25.0 Å². The monoisotopic (exact) mass is 581 g/mol. The molecule has 5 rings (SSSR count). The van der Waals surface area contributed by atoms with E-state index in [9.17, 15) is 13.2 Å². The molecular weight excluding hydrogens is 549 g/mol. The number of aryl methyl sites for hydroxylation is 1. The van der Waals surface area contributed by atoms with Crippen LogP contribution in [0.1, 0.15) is 54.3 Å². The Labute approximate surface area is 231 Å². The topological polar surface area (TPSA) is 135 Å². The first kappa shape index (κ1) is 29.2. The lowest BCUT2D eigenvalue weighted by Crippen LogP contribution is -2.54. The van der Waals surface area contributed by atoms with E-state index in [0.29, 0.717) is 35.1 Å². The fourth-order valence-corrected chi connectivity index (χ4v) is 7.30. The smallest absolute Gasteiger partial charge is 0.391 e. The molecule has 3 unspecified atom stereocenters. The molecule has 3 aromatic rings. The highest BCUT2D eigenvalue weighted by molar-refractivity contribution is 7.89. The molecular formula is C26H33ClFN5O5S. The van der Waals surface area contributed by atoms with Gasteiger partial charge in [-0.05, 0) is 74.7 Å². The number of benzene rings is 2. The highest BCUT2D eigenvalue weighted by atomic mass is 35.5. The van der Waals surface area contributed by atoms with Crippen LogP contribution >= 0.6 is 11.6 Å². The van der Waals surface area contributed by atoms with Crippen LogP contribution in [0.15, 0.2) is 44.4 Å². The molecule has 10 nitrogen and oxygen atoms in total. The molecule has 13 heteroatoms. The number of fused-ring (bicyclic) bond motifs is 1. The van der Waals surface area contributed by atoms with E-state index >= 15 is 4.39 Å². The van der Waals surface area contributed by atoms with Gasteiger partial charge >= 0.3 is 5.76 Å². The van der Waals surface area contributed by atoms with E-state index in [-0.39, 0.29) is 23.5 Å². The molecule has 2 aromatic carbocycles. The van der Waals surface area contributed by atoms with Gasteiger partial charge in [-0.15, -0.1) is 5.10 Å². The summed E-state index contributed by atoms with van der Waals surface area (Å²) >= 11 is 6.28. The molecule has 0 saturated carbocycles. The molecule has 3 atom stereocenters. The molecule has 3 N–H and O–H groups in total. The van der Waals surface area contributed by atoms with Gasteiger partial charge in [0.25, 0.3) is 0 Å². The molecule has 2 aliphatic rings. The lowest BCUT2D eigenvalue weighted by molar-refractivity contribution is 0.0749. The minimum absolute atomic E-state index is 0.0604. The molecule has 212 valence electrons. The minimum Gasteiger partial charge on any atom is -0.391 e. The van der Waals surface area contributed by atoms with E-state index in [1.807, 2.05) is 11.8 Å². The number of hydrogen-bond acceptors (Lipinski definition) is 8. The summed E-state index contributed by atoms with van der Waals surface area (Å²) in [4.78, 5) is 14.0. The zero-order chi connectivity index (χ0) is 28.5. The third-order valence-corrected chi connectivity index (χ3v) is 9.46. The second kappa shape index (κ2) is 11.8. The highest BCUT2D eigenvalue weighted by Gasteiger charge is 2.46. The normalized spacial score (nSPS) is 20.5. The summed E-state index contributed by atoms with van der Waals surface area (Å²) in [6.07, 6.45) is 1.62. The van der Waals surface area contributed by atoms with Crippen molar-refractivity contribution >= 4 is 27.3 Å². The molecule has 0 spiro atoms. The second-order valence-corrected chi connectivity index (χ2v) is 11.9. The number of rotatable bonds is 5. The van der Waals surface area contributed by atoms with Crippen molar-refractivity contribution in [1.82, 2.24) is 14.5 Å². The van der Waals surface area contributed by atoms with Gasteiger partial charge in [-0.1, -0.05) is 24.6 Å². The Morgan fingerprint density at radius 3 is 2.62 bits per heavy atom. The molecule has 3 heterocycles. The Morgan fingerprint density at radius 1 is 1.23 bits per heavy atom. The van der Waals surface area contributed by atoms with Gasteiger partial charge < -0.3 is 19.8 Å². The van der Waals surface area contributed by atoms with Crippen LogP contribution in [-0.4, -0.2) is 55.9 Å². The molecule has 39 heavy (non-hydrogen) atoms. The molecule has 0 radical (unpaired) electrons. The Morgan fingerprint density at radius 2 is 1.97 bits per heavy atom. The predicted octanol–water partition coefficient (Wildman–Crippen LogP) is 3.84. The molecule has 0 bridgehead atoms. The fourth-order valence-electron chi connectivity index (χ4n) is 5.36. The van der Waals surface area contributed by atoms with Crippen LogP contribution in [-0.2, 0) is 14.8 Å². The van der Waals surface area contributed by atoms with E-state index in [2.05, 4.69) is 15.9 Å². The van der Waals surface area contributed by atoms with Crippen molar-refractivity contribution in [3.8, 4) is 0 Å². The fraction of sp³-hybridized carbons (Fsp3) is 0.462. The summed E-state index contributed by atoms with van der Waals surface area (Å²) in [5.74, 6) is -2.19. The molecule has 0 amide bonds. The van der Waals surface area contributed by atoms with Crippen LogP contribution in [0.3, 0.4) is 0 Å². The summed E-state index contributed by atoms with van der Waals surface area (Å²) in [6, 6.07) is 6.44. The van der Waals surface area contributed by atoms with E-state index < -0.39 is 33.6 Å². The predicted molar refractivity (Wildman–Crippen MR) is 146 cm³/mol. The number of aromatic amines is 1. The first-order valence-corrected chi connectivity index (χ1v) is 14.5. The van der Waals surface area contributed by atoms with Crippen molar-refractivity contribution in [1.29, 1.82) is 0 Å². The minimum atomic E-state index is -4.14. The van der Waals surface area contributed by atoms with Crippen LogP contribution in [0.2, 0.25) is 5.02 Å². The molecule has 2 aliphatic heterocycles. The lowest BCUT2D eigenvalue weighted by atomic mass is 9.87. The van der Waals surface area contributed by atoms with Crippen molar-refractivity contribution in [3.63, 3.8) is 0 Å². The first-order valence-electron chi connectivity index (χ1n) is 12.6. The van der Waals surface area contributed by atoms with Gasteiger partial charge in [0.15, 0.2) is 0 Å². The Hall–Kier alpha value is -2.77. The van der Waals surface area contributed by atoms with Crippen molar-refractivity contribution in [2.24, 2.45) is 5.73 Å². The van der Waals surface area contributed by atoms with Crippen LogP contribution < -0.4 is 16.4 Å². The van der Waals surface area contributed by atoms with Gasteiger partial charge in [-0.25, -0.2) is 22.7 Å². The maximum atomic E-state index is 15.2. The third-order valence-electron chi connectivity index (χ3n) is 7.37. The molecule has 0 aliphatic carbocycles. The number of hydrogen-bond donors (Lipinski definition) is 2. The van der Waals surface area contributed by atoms with Crippen molar-refractivity contribution in [3.05, 3.63) is 74.3 Å². The number of nitrogens with one attached hydrogen (secondary N) is 1. The third kappa shape index (κ3) is 5.48. The van der Waals surface area contributed by atoms with Gasteiger partial charge in [-0.2, -0.15) is 4.31 Å². The number of anilines is 1. The van der Waals surface area contributed by atoms with E-state index in [1.54, 1.807) is 26.0 Å². The number of halogens is 2. The average Bonchev–Trinajstić information content (AvgIpc) is 3.35. The number of nitrogens with zero attached hydrogens (tertiary/aromatic N) is 3. The summed E-state index contributed by atoms with van der Waals surface area (Å²) in [5.41, 5.74) is 6.86. The zero-order valence-electron chi connectivity index (χ0n) is 22.3. The summed E-state index contributed by atoms with van der Waals surface area (Å²) < 4.78 is 55.7. The molecule has 1 aromatic heterocycles. The van der Waals surface area contributed by atoms with Crippen LogP contribution in [0.5, 0.6) is 0 Å². The van der Waals surface area contributed by atoms with Crippen molar-refractivity contribution in [2.45, 2.75) is 56.5 Å². The average molecular weight is 582 g/mol. The van der Waals surface area contributed by atoms with Gasteiger partial charge in [0, 0.05) is 17.5 Å². The quantitative estimate of drug-likeness (QED) is 0.464. The standard InChI is InChI=1S/C25H28ClFN4O5S.CH5N/c1-14-6-8-19(27)22(15(14)2)16(3)23(24-28-29-25(32)36-24)31-13-30(18-5-4-10-35-12-18)20-11-17(26)7-9-21(20)37(31,33)34;1-2/h6-9,11,16,18,23H,4-5,10,12-13H2,1-3H3,(H,29,32);2H2,1H3. The zero-order valence-corrected chi connectivity index (χ0v) is 23.9. The van der Waals surface area contributed by atoms with E-state index in [4.69, 9.17) is 20.8 Å². The summed E-state index contributed by atoms with van der Waals surface area (Å²) in [6.45, 7) is 6.33. The second-order valence-electron chi connectivity index (χ2n) is 9.57. The number of ether oxygens (including phenoxy) is 1. The number of nitrogens with two attached hydrogens (primary N) is 1. The Balaban J connectivity index is 0.00000172. The maximum absolute atomic E-state index is 15.2. The van der Waals surface area contributed by atoms with Crippen LogP contribution in [0, 0.1) is 19.7 Å². The van der Waals surface area contributed by atoms with Crippen molar-refractivity contribution < 1.29 is 22.0 Å². The SMILES string of the molecule is CN.Cc1ccc(F)c(C(C)C(c2n[nH]c(=O)o2)N2CN(C3CCCOC3)c3cc(Cl)ccc3S2(=O)=O)c1C. The highest BCUT2D eigenvalue weighted by Crippen LogP contribution is 2.45.